The maximum atomic E-state index is 6.13. The van der Waals surface area contributed by atoms with Crippen molar-refractivity contribution in [2.24, 2.45) is 10.9 Å². The molecule has 7 heteroatoms. The fraction of sp³-hybridized carbons (Fsp3) is 0.435. The lowest BCUT2D eigenvalue weighted by molar-refractivity contribution is 0.166. The van der Waals surface area contributed by atoms with E-state index in [1.54, 1.807) is 14.2 Å². The van der Waals surface area contributed by atoms with E-state index >= 15 is 0 Å². The van der Waals surface area contributed by atoms with Gasteiger partial charge in [-0.05, 0) is 42.7 Å². The third-order valence-corrected chi connectivity index (χ3v) is 5.01. The summed E-state index contributed by atoms with van der Waals surface area (Å²) in [5, 5.41) is 6.72. The van der Waals surface area contributed by atoms with Crippen LogP contribution in [0.3, 0.4) is 0 Å². The van der Waals surface area contributed by atoms with Crippen LogP contribution in [0.4, 0.5) is 0 Å². The summed E-state index contributed by atoms with van der Waals surface area (Å²) in [5.74, 6) is 3.01. The van der Waals surface area contributed by atoms with E-state index in [9.17, 15) is 0 Å². The monoisotopic (exact) mass is 525 g/mol. The van der Waals surface area contributed by atoms with E-state index in [0.717, 1.165) is 48.2 Å². The normalized spacial score (nSPS) is 16.0. The number of nitrogens with zero attached hydrogens (tertiary/aromatic N) is 1. The Morgan fingerprint density at radius 3 is 2.57 bits per heavy atom. The molecule has 2 N–H and O–H groups in total. The number of benzene rings is 2. The summed E-state index contributed by atoms with van der Waals surface area (Å²) in [7, 11) is 3.44. The van der Waals surface area contributed by atoms with Crippen molar-refractivity contribution in [2.75, 3.05) is 34.0 Å². The van der Waals surface area contributed by atoms with Crippen LogP contribution in [0.5, 0.6) is 11.5 Å². The van der Waals surface area contributed by atoms with E-state index in [1.165, 1.54) is 5.56 Å². The number of ether oxygens (including phenoxy) is 3. The first-order chi connectivity index (χ1) is 14.2. The number of rotatable bonds is 8. The van der Waals surface area contributed by atoms with Crippen LogP contribution < -0.4 is 20.1 Å². The molecule has 2 aromatic carbocycles. The van der Waals surface area contributed by atoms with Gasteiger partial charge in [-0.25, -0.2) is 0 Å². The Hall–Kier alpha value is -2.00. The van der Waals surface area contributed by atoms with Gasteiger partial charge >= 0.3 is 0 Å². The van der Waals surface area contributed by atoms with E-state index in [-0.39, 0.29) is 24.0 Å². The van der Waals surface area contributed by atoms with Gasteiger partial charge in [-0.15, -0.1) is 24.0 Å². The zero-order valence-corrected chi connectivity index (χ0v) is 20.3. The first kappa shape index (κ1) is 24.3. The average Bonchev–Trinajstić information content (AvgIpc) is 3.27. The summed E-state index contributed by atoms with van der Waals surface area (Å²) in [6, 6.07) is 14.3. The van der Waals surface area contributed by atoms with Crippen molar-refractivity contribution in [3.63, 3.8) is 0 Å². The second-order valence-corrected chi connectivity index (χ2v) is 7.28. The molecule has 6 nitrogen and oxygen atoms in total. The lowest BCUT2D eigenvalue weighted by atomic mass is 10.1. The van der Waals surface area contributed by atoms with Crippen LogP contribution >= 0.6 is 24.0 Å². The summed E-state index contributed by atoms with van der Waals surface area (Å²) in [6.07, 6.45) is 1.07. The fourth-order valence-electron chi connectivity index (χ4n) is 3.19. The molecule has 1 atom stereocenters. The number of guanidine groups is 1. The molecule has 1 heterocycles. The van der Waals surface area contributed by atoms with Gasteiger partial charge in [0.25, 0.3) is 0 Å². The molecule has 3 rings (SSSR count). The molecule has 0 aromatic heterocycles. The van der Waals surface area contributed by atoms with Gasteiger partial charge in [0.2, 0.25) is 0 Å². The predicted molar refractivity (Wildman–Crippen MR) is 131 cm³/mol. The average molecular weight is 525 g/mol. The highest BCUT2D eigenvalue weighted by molar-refractivity contribution is 14.0. The Morgan fingerprint density at radius 2 is 1.90 bits per heavy atom. The lowest BCUT2D eigenvalue weighted by Gasteiger charge is -2.17. The van der Waals surface area contributed by atoms with Gasteiger partial charge < -0.3 is 24.8 Å². The number of hydrogen-bond donors (Lipinski definition) is 2. The standard InChI is InChI=1S/C23H31N3O3.HI/c1-17-4-7-20(22(12-17)29-16-19-10-11-28-15-19)14-26-23(24-2)25-13-18-5-8-21(27-3)9-6-18;/h4-9,12,19H,10-11,13-16H2,1-3H3,(H2,24,25,26);1H. The molecule has 0 amide bonds. The van der Waals surface area contributed by atoms with Crippen molar-refractivity contribution in [1.29, 1.82) is 0 Å². The third kappa shape index (κ3) is 7.36. The van der Waals surface area contributed by atoms with Gasteiger partial charge in [0.15, 0.2) is 5.96 Å². The molecule has 1 aliphatic rings. The highest BCUT2D eigenvalue weighted by Gasteiger charge is 2.17. The summed E-state index contributed by atoms with van der Waals surface area (Å²) in [6.45, 7) is 5.73. The molecule has 0 aliphatic carbocycles. The number of nitrogens with one attached hydrogen (secondary N) is 2. The Balaban J connectivity index is 0.00000320. The molecule has 0 radical (unpaired) electrons. The van der Waals surface area contributed by atoms with E-state index in [1.807, 2.05) is 24.3 Å². The second-order valence-electron chi connectivity index (χ2n) is 7.28. The zero-order chi connectivity index (χ0) is 20.5. The van der Waals surface area contributed by atoms with Crippen LogP contribution in [0.1, 0.15) is 23.1 Å². The zero-order valence-electron chi connectivity index (χ0n) is 17.9. The number of methoxy groups -OCH3 is 1. The summed E-state index contributed by atoms with van der Waals surface area (Å²) in [5.41, 5.74) is 3.46. The fourth-order valence-corrected chi connectivity index (χ4v) is 3.19. The molecule has 2 aromatic rings. The van der Waals surface area contributed by atoms with Crippen LogP contribution in [-0.2, 0) is 17.8 Å². The second kappa shape index (κ2) is 12.6. The van der Waals surface area contributed by atoms with Gasteiger partial charge in [0.1, 0.15) is 11.5 Å². The van der Waals surface area contributed by atoms with Gasteiger partial charge in [0, 0.05) is 38.2 Å². The molecule has 1 saturated heterocycles. The van der Waals surface area contributed by atoms with E-state index < -0.39 is 0 Å². The number of aryl methyl sites for hydroxylation is 1. The van der Waals surface area contributed by atoms with E-state index in [0.29, 0.717) is 25.6 Å². The van der Waals surface area contributed by atoms with Gasteiger partial charge in [-0.1, -0.05) is 24.3 Å². The Kier molecular flexibility index (Phi) is 10.2. The summed E-state index contributed by atoms with van der Waals surface area (Å²) in [4.78, 5) is 4.32. The van der Waals surface area contributed by atoms with Gasteiger partial charge in [-0.3, -0.25) is 4.99 Å². The molecule has 1 unspecified atom stereocenters. The number of aliphatic imine (C=N–C) groups is 1. The molecular formula is C23H32IN3O3. The maximum absolute atomic E-state index is 6.13. The molecule has 164 valence electrons. The summed E-state index contributed by atoms with van der Waals surface area (Å²) < 4.78 is 16.8. The first-order valence-corrected chi connectivity index (χ1v) is 10.1. The van der Waals surface area contributed by atoms with Crippen molar-refractivity contribution in [2.45, 2.75) is 26.4 Å². The van der Waals surface area contributed by atoms with Crippen LogP contribution in [0, 0.1) is 12.8 Å². The van der Waals surface area contributed by atoms with Gasteiger partial charge in [0.05, 0.1) is 20.3 Å². The number of hydrogen-bond acceptors (Lipinski definition) is 4. The Bertz CT molecular complexity index is 806. The largest absolute Gasteiger partial charge is 0.497 e. The molecule has 0 bridgehead atoms. The Labute approximate surface area is 196 Å². The highest BCUT2D eigenvalue weighted by atomic mass is 127. The van der Waals surface area contributed by atoms with Crippen molar-refractivity contribution in [3.8, 4) is 11.5 Å². The Morgan fingerprint density at radius 1 is 1.13 bits per heavy atom. The molecule has 30 heavy (non-hydrogen) atoms. The van der Waals surface area contributed by atoms with Crippen LogP contribution in [0.15, 0.2) is 47.5 Å². The molecule has 0 saturated carbocycles. The summed E-state index contributed by atoms with van der Waals surface area (Å²) >= 11 is 0. The smallest absolute Gasteiger partial charge is 0.191 e. The quantitative estimate of drug-likeness (QED) is 0.311. The van der Waals surface area contributed by atoms with Crippen molar-refractivity contribution in [3.05, 3.63) is 59.2 Å². The minimum absolute atomic E-state index is 0. The predicted octanol–water partition coefficient (Wildman–Crippen LogP) is 3.90. The van der Waals surface area contributed by atoms with E-state index in [4.69, 9.17) is 14.2 Å². The molecule has 1 fully saturated rings. The highest BCUT2D eigenvalue weighted by Crippen LogP contribution is 2.22. The van der Waals surface area contributed by atoms with Crippen LogP contribution in [-0.4, -0.2) is 39.9 Å². The number of halogens is 1. The first-order valence-electron chi connectivity index (χ1n) is 10.1. The molecular weight excluding hydrogens is 493 g/mol. The minimum atomic E-state index is 0. The van der Waals surface area contributed by atoms with E-state index in [2.05, 4.69) is 40.7 Å². The van der Waals surface area contributed by atoms with Crippen molar-refractivity contribution >= 4 is 29.9 Å². The lowest BCUT2D eigenvalue weighted by Crippen LogP contribution is -2.36. The van der Waals surface area contributed by atoms with Crippen molar-refractivity contribution in [1.82, 2.24) is 10.6 Å². The SMILES string of the molecule is CN=C(NCc1ccc(OC)cc1)NCc1ccc(C)cc1OCC1CCOC1.I. The van der Waals surface area contributed by atoms with Crippen LogP contribution in [0.25, 0.3) is 0 Å². The molecule has 0 spiro atoms. The van der Waals surface area contributed by atoms with Crippen LogP contribution in [0.2, 0.25) is 0 Å². The third-order valence-electron chi connectivity index (χ3n) is 5.01. The minimum Gasteiger partial charge on any atom is -0.497 e. The molecule has 1 aliphatic heterocycles. The van der Waals surface area contributed by atoms with Gasteiger partial charge in [-0.2, -0.15) is 0 Å². The van der Waals surface area contributed by atoms with Crippen molar-refractivity contribution < 1.29 is 14.2 Å². The topological polar surface area (TPSA) is 64.1 Å². The maximum Gasteiger partial charge on any atom is 0.191 e.